The van der Waals surface area contributed by atoms with Crippen LogP contribution >= 0.6 is 0 Å². The third kappa shape index (κ3) is 2.74. The summed E-state index contributed by atoms with van der Waals surface area (Å²) in [5.74, 6) is 0.129. The minimum atomic E-state index is -0.816. The fraction of sp³-hybridized carbons (Fsp3) is 0.897. The summed E-state index contributed by atoms with van der Waals surface area (Å²) in [4.78, 5) is 38.4. The number of aliphatic carboxylic acids is 1. The molecule has 5 aliphatic carbocycles. The monoisotopic (exact) mass is 472 g/mol. The van der Waals surface area contributed by atoms with Crippen molar-refractivity contribution in [2.75, 3.05) is 6.61 Å². The number of hydrogen-bond acceptors (Lipinski definition) is 4. The zero-order valence-electron chi connectivity index (χ0n) is 21.8. The van der Waals surface area contributed by atoms with Crippen LogP contribution in [0.5, 0.6) is 0 Å². The van der Waals surface area contributed by atoms with E-state index in [-0.39, 0.29) is 45.2 Å². The topological polar surface area (TPSA) is 91.7 Å². The molecule has 34 heavy (non-hydrogen) atoms. The molecule has 2 N–H and O–H groups in total. The largest absolute Gasteiger partial charge is 0.481 e. The maximum atomic E-state index is 12.9. The van der Waals surface area contributed by atoms with Crippen molar-refractivity contribution in [3.63, 3.8) is 0 Å². The van der Waals surface area contributed by atoms with Crippen molar-refractivity contribution < 1.29 is 24.6 Å². The Morgan fingerprint density at radius 1 is 0.853 bits per heavy atom. The molecule has 0 spiro atoms. The Balaban J connectivity index is 1.57. The van der Waals surface area contributed by atoms with Gasteiger partial charge in [-0.15, -0.1) is 0 Å². The van der Waals surface area contributed by atoms with Crippen molar-refractivity contribution in [3.05, 3.63) is 0 Å². The lowest BCUT2D eigenvalue weighted by Crippen LogP contribution is -2.66. The van der Waals surface area contributed by atoms with Crippen LogP contribution in [0.25, 0.3) is 0 Å². The fourth-order valence-corrected chi connectivity index (χ4v) is 11.2. The molecule has 5 saturated carbocycles. The number of aliphatic hydroxyl groups excluding tert-OH is 1. The summed E-state index contributed by atoms with van der Waals surface area (Å²) in [6, 6.07) is 0. The van der Waals surface area contributed by atoms with Gasteiger partial charge in [0.2, 0.25) is 0 Å². The Morgan fingerprint density at radius 2 is 1.56 bits per heavy atom. The summed E-state index contributed by atoms with van der Waals surface area (Å²) in [5, 5.41) is 20.1. The van der Waals surface area contributed by atoms with Gasteiger partial charge in [0, 0.05) is 17.8 Å². The highest BCUT2D eigenvalue weighted by atomic mass is 16.4. The number of carbonyl (C=O) groups excluding carboxylic acids is 2. The second-order valence-electron chi connectivity index (χ2n) is 14.1. The Hall–Kier alpha value is -1.23. The van der Waals surface area contributed by atoms with E-state index in [0.29, 0.717) is 43.3 Å². The maximum absolute atomic E-state index is 12.9. The van der Waals surface area contributed by atoms with E-state index in [2.05, 4.69) is 34.6 Å². The van der Waals surface area contributed by atoms with E-state index in [1.165, 1.54) is 0 Å². The molecule has 5 heteroatoms. The summed E-state index contributed by atoms with van der Waals surface area (Å²) < 4.78 is 0. The first-order valence-electron chi connectivity index (χ1n) is 13.7. The van der Waals surface area contributed by atoms with Crippen LogP contribution < -0.4 is 0 Å². The molecule has 0 saturated heterocycles. The van der Waals surface area contributed by atoms with E-state index < -0.39 is 18.0 Å². The van der Waals surface area contributed by atoms with E-state index >= 15 is 0 Å². The third-order valence-corrected chi connectivity index (χ3v) is 13.2. The third-order valence-electron chi connectivity index (χ3n) is 13.2. The lowest BCUT2D eigenvalue weighted by Gasteiger charge is -2.72. The van der Waals surface area contributed by atoms with Crippen molar-refractivity contribution in [2.24, 2.45) is 56.7 Å². The molecule has 0 amide bonds. The van der Waals surface area contributed by atoms with Crippen LogP contribution in [0.3, 0.4) is 0 Å². The SMILES string of the molecule is CC1(C)C(=O)CC[C@@]2(C)C1CC[C@]1(C)[C@@H]2CC[C@@H]2C3C(C(=O)CO)CC[C@]3(C(=O)O)CC[C@]21C. The molecule has 0 aromatic heterocycles. The van der Waals surface area contributed by atoms with Gasteiger partial charge in [0.1, 0.15) is 12.4 Å². The van der Waals surface area contributed by atoms with Gasteiger partial charge in [-0.25, -0.2) is 0 Å². The molecule has 190 valence electrons. The summed E-state index contributed by atoms with van der Waals surface area (Å²) >= 11 is 0. The van der Waals surface area contributed by atoms with Crippen LogP contribution in [0, 0.1) is 56.7 Å². The van der Waals surface area contributed by atoms with E-state index in [1.807, 2.05) is 0 Å². The lowest BCUT2D eigenvalue weighted by atomic mass is 9.32. The number of hydrogen-bond donors (Lipinski definition) is 2. The normalized spacial score (nSPS) is 51.6. The minimum absolute atomic E-state index is 0.0303. The summed E-state index contributed by atoms with van der Waals surface area (Å²) in [5.41, 5.74) is -0.935. The first kappa shape index (κ1) is 24.5. The molecule has 0 aliphatic heterocycles. The minimum Gasteiger partial charge on any atom is -0.481 e. The van der Waals surface area contributed by atoms with Gasteiger partial charge >= 0.3 is 5.97 Å². The van der Waals surface area contributed by atoms with E-state index in [0.717, 1.165) is 38.5 Å². The van der Waals surface area contributed by atoms with E-state index in [9.17, 15) is 24.6 Å². The van der Waals surface area contributed by atoms with Gasteiger partial charge in [0.05, 0.1) is 5.41 Å². The number of carboxylic acid groups (broad SMARTS) is 1. The smallest absolute Gasteiger partial charge is 0.309 e. The Bertz CT molecular complexity index is 923. The molecule has 0 heterocycles. The van der Waals surface area contributed by atoms with Crippen LogP contribution in [0.4, 0.5) is 0 Å². The predicted molar refractivity (Wildman–Crippen MR) is 129 cm³/mol. The molecule has 0 bridgehead atoms. The summed E-state index contributed by atoms with van der Waals surface area (Å²) in [6.07, 6.45) is 8.48. The van der Waals surface area contributed by atoms with Gasteiger partial charge in [0.15, 0.2) is 5.78 Å². The molecular weight excluding hydrogens is 428 g/mol. The summed E-state index contributed by atoms with van der Waals surface area (Å²) in [6.45, 7) is 11.2. The highest BCUT2D eigenvalue weighted by molar-refractivity contribution is 5.86. The van der Waals surface area contributed by atoms with Crippen LogP contribution in [-0.4, -0.2) is 34.4 Å². The van der Waals surface area contributed by atoms with Gasteiger partial charge in [-0.3, -0.25) is 14.4 Å². The second kappa shape index (κ2) is 7.40. The Labute approximate surface area is 204 Å². The van der Waals surface area contributed by atoms with Crippen molar-refractivity contribution in [2.45, 2.75) is 98.8 Å². The first-order chi connectivity index (χ1) is 15.8. The van der Waals surface area contributed by atoms with Gasteiger partial charge in [-0.2, -0.15) is 0 Å². The van der Waals surface area contributed by atoms with Crippen molar-refractivity contribution in [1.82, 2.24) is 0 Å². The number of fused-ring (bicyclic) bond motifs is 7. The molecule has 5 fully saturated rings. The highest BCUT2D eigenvalue weighted by Crippen LogP contribution is 2.77. The van der Waals surface area contributed by atoms with Gasteiger partial charge < -0.3 is 10.2 Å². The quantitative estimate of drug-likeness (QED) is 0.583. The average Bonchev–Trinajstić information content (AvgIpc) is 3.18. The van der Waals surface area contributed by atoms with Crippen LogP contribution in [-0.2, 0) is 14.4 Å². The van der Waals surface area contributed by atoms with E-state index in [1.54, 1.807) is 0 Å². The zero-order chi connectivity index (χ0) is 24.9. The number of Topliss-reactive ketones (excluding diaryl/α,β-unsaturated/α-hetero) is 2. The molecule has 5 aliphatic rings. The highest BCUT2D eigenvalue weighted by Gasteiger charge is 2.72. The van der Waals surface area contributed by atoms with Gasteiger partial charge in [-0.05, 0) is 97.7 Å². The number of rotatable bonds is 3. The molecule has 0 aromatic carbocycles. The van der Waals surface area contributed by atoms with Crippen LogP contribution in [0.15, 0.2) is 0 Å². The standard InChI is InChI=1S/C29H44O5/c1-25(2)20-9-12-28(5)21(26(20,3)11-10-22(25)32)7-6-18-23-17(19(31)16-30)8-13-29(23,24(33)34)15-14-27(18,28)4/h17-18,20-21,23,30H,6-16H2,1-5H3,(H,33,34)/t17?,18-,20?,21-,23?,26+,27-,28-,29+/m1/s1. The molecule has 9 atom stereocenters. The van der Waals surface area contributed by atoms with Gasteiger partial charge in [-0.1, -0.05) is 34.6 Å². The molecular formula is C29H44O5. The van der Waals surface area contributed by atoms with Crippen molar-refractivity contribution in [1.29, 1.82) is 0 Å². The number of ketones is 2. The molecule has 5 rings (SSSR count). The molecule has 0 radical (unpaired) electrons. The van der Waals surface area contributed by atoms with Crippen molar-refractivity contribution >= 4 is 17.5 Å². The zero-order valence-corrected chi connectivity index (χ0v) is 21.8. The Morgan fingerprint density at radius 3 is 2.21 bits per heavy atom. The second-order valence-corrected chi connectivity index (χ2v) is 14.1. The maximum Gasteiger partial charge on any atom is 0.309 e. The van der Waals surface area contributed by atoms with Crippen molar-refractivity contribution in [3.8, 4) is 0 Å². The Kier molecular flexibility index (Phi) is 5.32. The molecule has 5 nitrogen and oxygen atoms in total. The van der Waals surface area contributed by atoms with Crippen LogP contribution in [0.2, 0.25) is 0 Å². The fourth-order valence-electron chi connectivity index (χ4n) is 11.2. The summed E-state index contributed by atoms with van der Waals surface area (Å²) in [7, 11) is 0. The predicted octanol–water partition coefficient (Wildman–Crippen LogP) is 5.28. The lowest BCUT2D eigenvalue weighted by molar-refractivity contribution is -0.235. The van der Waals surface area contributed by atoms with Gasteiger partial charge in [0.25, 0.3) is 0 Å². The number of carbonyl (C=O) groups is 3. The number of carboxylic acids is 1. The molecule has 3 unspecified atom stereocenters. The molecule has 0 aromatic rings. The average molecular weight is 473 g/mol. The first-order valence-corrected chi connectivity index (χ1v) is 13.7. The van der Waals surface area contributed by atoms with Crippen LogP contribution in [0.1, 0.15) is 98.8 Å². The number of aliphatic hydroxyl groups is 1. The van der Waals surface area contributed by atoms with E-state index in [4.69, 9.17) is 0 Å².